The summed E-state index contributed by atoms with van der Waals surface area (Å²) in [5.41, 5.74) is 5.44. The van der Waals surface area contributed by atoms with Crippen LogP contribution in [0, 0.1) is 5.92 Å². The Balaban J connectivity index is 3.67. The summed E-state index contributed by atoms with van der Waals surface area (Å²) in [6.45, 7) is 5.87. The topological polar surface area (TPSA) is 69.4 Å². The SMILES string of the molecule is CC(=O)C[C@H](N)C(=O)OCCC(C)C. The van der Waals surface area contributed by atoms with E-state index in [-0.39, 0.29) is 12.2 Å². The Morgan fingerprint density at radius 3 is 2.36 bits per heavy atom. The average molecular weight is 201 g/mol. The van der Waals surface area contributed by atoms with Crippen LogP contribution in [0.1, 0.15) is 33.6 Å². The van der Waals surface area contributed by atoms with Crippen LogP contribution in [-0.4, -0.2) is 24.4 Å². The van der Waals surface area contributed by atoms with Gasteiger partial charge in [-0.3, -0.25) is 9.59 Å². The molecule has 0 aliphatic heterocycles. The summed E-state index contributed by atoms with van der Waals surface area (Å²) < 4.78 is 4.90. The standard InChI is InChI=1S/C10H19NO3/c1-7(2)4-5-14-10(13)9(11)6-8(3)12/h7,9H,4-6,11H2,1-3H3/t9-/m0/s1. The van der Waals surface area contributed by atoms with Crippen molar-refractivity contribution in [2.45, 2.75) is 39.7 Å². The van der Waals surface area contributed by atoms with Crippen molar-refractivity contribution >= 4 is 11.8 Å². The Morgan fingerprint density at radius 1 is 1.36 bits per heavy atom. The van der Waals surface area contributed by atoms with Gasteiger partial charge >= 0.3 is 5.97 Å². The van der Waals surface area contributed by atoms with E-state index in [0.29, 0.717) is 12.5 Å². The number of ketones is 1. The van der Waals surface area contributed by atoms with Crippen LogP contribution in [0.25, 0.3) is 0 Å². The molecular formula is C10H19NO3. The zero-order valence-corrected chi connectivity index (χ0v) is 9.08. The summed E-state index contributed by atoms with van der Waals surface area (Å²) >= 11 is 0. The van der Waals surface area contributed by atoms with Gasteiger partial charge in [0.25, 0.3) is 0 Å². The zero-order chi connectivity index (χ0) is 11.1. The molecule has 0 spiro atoms. The highest BCUT2D eigenvalue weighted by molar-refractivity contribution is 5.84. The van der Waals surface area contributed by atoms with Crippen molar-refractivity contribution in [1.29, 1.82) is 0 Å². The summed E-state index contributed by atoms with van der Waals surface area (Å²) in [5, 5.41) is 0. The highest BCUT2D eigenvalue weighted by Crippen LogP contribution is 2.00. The first-order valence-electron chi connectivity index (χ1n) is 4.85. The van der Waals surface area contributed by atoms with Crippen LogP contribution in [0.2, 0.25) is 0 Å². The van der Waals surface area contributed by atoms with Gasteiger partial charge in [-0.25, -0.2) is 0 Å². The van der Waals surface area contributed by atoms with Gasteiger partial charge in [0.2, 0.25) is 0 Å². The van der Waals surface area contributed by atoms with Crippen LogP contribution in [0.3, 0.4) is 0 Å². The third-order valence-electron chi connectivity index (χ3n) is 1.75. The van der Waals surface area contributed by atoms with Gasteiger partial charge in [0, 0.05) is 6.42 Å². The zero-order valence-electron chi connectivity index (χ0n) is 9.08. The minimum Gasteiger partial charge on any atom is -0.465 e. The van der Waals surface area contributed by atoms with E-state index in [0.717, 1.165) is 6.42 Å². The van der Waals surface area contributed by atoms with Gasteiger partial charge in [-0.1, -0.05) is 13.8 Å². The summed E-state index contributed by atoms with van der Waals surface area (Å²) in [6, 6.07) is -0.806. The maximum atomic E-state index is 11.2. The summed E-state index contributed by atoms with van der Waals surface area (Å²) in [5.74, 6) is -0.0917. The monoisotopic (exact) mass is 201 g/mol. The minimum atomic E-state index is -0.806. The summed E-state index contributed by atoms with van der Waals surface area (Å²) in [4.78, 5) is 21.8. The fourth-order valence-electron chi connectivity index (χ4n) is 0.895. The molecule has 0 radical (unpaired) electrons. The second-order valence-electron chi connectivity index (χ2n) is 3.86. The molecule has 82 valence electrons. The summed E-state index contributed by atoms with van der Waals surface area (Å²) in [7, 11) is 0. The van der Waals surface area contributed by atoms with Crippen molar-refractivity contribution in [3.05, 3.63) is 0 Å². The lowest BCUT2D eigenvalue weighted by Gasteiger charge is -2.10. The number of hydrogen-bond acceptors (Lipinski definition) is 4. The van der Waals surface area contributed by atoms with Crippen LogP contribution in [0.4, 0.5) is 0 Å². The number of hydrogen-bond donors (Lipinski definition) is 1. The molecular weight excluding hydrogens is 182 g/mol. The lowest BCUT2D eigenvalue weighted by molar-refractivity contribution is -0.146. The third-order valence-corrected chi connectivity index (χ3v) is 1.75. The highest BCUT2D eigenvalue weighted by Gasteiger charge is 2.16. The molecule has 0 aromatic carbocycles. The second-order valence-corrected chi connectivity index (χ2v) is 3.86. The Bertz CT molecular complexity index is 202. The van der Waals surface area contributed by atoms with Crippen molar-refractivity contribution in [1.82, 2.24) is 0 Å². The van der Waals surface area contributed by atoms with Gasteiger partial charge in [0.05, 0.1) is 6.61 Å². The van der Waals surface area contributed by atoms with Crippen molar-refractivity contribution in [2.24, 2.45) is 11.7 Å². The van der Waals surface area contributed by atoms with Crippen molar-refractivity contribution in [2.75, 3.05) is 6.61 Å². The Labute approximate surface area is 84.8 Å². The van der Waals surface area contributed by atoms with Crippen LogP contribution >= 0.6 is 0 Å². The van der Waals surface area contributed by atoms with Crippen LogP contribution < -0.4 is 5.73 Å². The number of nitrogens with two attached hydrogens (primary N) is 1. The number of carbonyl (C=O) groups excluding carboxylic acids is 2. The highest BCUT2D eigenvalue weighted by atomic mass is 16.5. The Morgan fingerprint density at radius 2 is 1.93 bits per heavy atom. The van der Waals surface area contributed by atoms with Gasteiger partial charge in [0.1, 0.15) is 11.8 Å². The lowest BCUT2D eigenvalue weighted by Crippen LogP contribution is -2.34. The number of ether oxygens (including phenoxy) is 1. The van der Waals surface area contributed by atoms with E-state index < -0.39 is 12.0 Å². The maximum Gasteiger partial charge on any atom is 0.323 e. The predicted molar refractivity (Wildman–Crippen MR) is 53.7 cm³/mol. The van der Waals surface area contributed by atoms with E-state index in [1.807, 2.05) is 13.8 Å². The van der Waals surface area contributed by atoms with Gasteiger partial charge in [0.15, 0.2) is 0 Å². The van der Waals surface area contributed by atoms with E-state index in [4.69, 9.17) is 10.5 Å². The van der Waals surface area contributed by atoms with Crippen LogP contribution in [-0.2, 0) is 14.3 Å². The van der Waals surface area contributed by atoms with E-state index >= 15 is 0 Å². The fraction of sp³-hybridized carbons (Fsp3) is 0.800. The van der Waals surface area contributed by atoms with Crippen molar-refractivity contribution in [3.8, 4) is 0 Å². The molecule has 0 aromatic rings. The predicted octanol–water partition coefficient (Wildman–Crippen LogP) is 0.882. The molecule has 0 aliphatic rings. The molecule has 0 heterocycles. The lowest BCUT2D eigenvalue weighted by atomic mass is 10.1. The van der Waals surface area contributed by atoms with Crippen molar-refractivity contribution < 1.29 is 14.3 Å². The quantitative estimate of drug-likeness (QED) is 0.648. The molecule has 0 bridgehead atoms. The number of rotatable bonds is 6. The minimum absolute atomic E-state index is 0.0561. The summed E-state index contributed by atoms with van der Waals surface area (Å²) in [6.07, 6.45) is 0.874. The third kappa shape index (κ3) is 6.60. The van der Waals surface area contributed by atoms with Gasteiger partial charge in [-0.2, -0.15) is 0 Å². The molecule has 0 saturated carbocycles. The molecule has 4 nitrogen and oxygen atoms in total. The molecule has 4 heteroatoms. The molecule has 0 rings (SSSR count). The van der Waals surface area contributed by atoms with Gasteiger partial charge < -0.3 is 10.5 Å². The first-order chi connectivity index (χ1) is 6.43. The van der Waals surface area contributed by atoms with E-state index in [1.54, 1.807) is 0 Å². The number of esters is 1. The van der Waals surface area contributed by atoms with Gasteiger partial charge in [-0.15, -0.1) is 0 Å². The number of Topliss-reactive ketones (excluding diaryl/α,β-unsaturated/α-hetero) is 1. The Hall–Kier alpha value is -0.900. The first kappa shape index (κ1) is 13.1. The Kier molecular flexibility index (Phi) is 6.12. The molecule has 1 atom stereocenters. The van der Waals surface area contributed by atoms with Crippen LogP contribution in [0.5, 0.6) is 0 Å². The fourth-order valence-corrected chi connectivity index (χ4v) is 0.895. The first-order valence-corrected chi connectivity index (χ1v) is 4.85. The van der Waals surface area contributed by atoms with E-state index in [9.17, 15) is 9.59 Å². The molecule has 14 heavy (non-hydrogen) atoms. The maximum absolute atomic E-state index is 11.2. The molecule has 0 aliphatic carbocycles. The van der Waals surface area contributed by atoms with Gasteiger partial charge in [-0.05, 0) is 19.3 Å². The normalized spacial score (nSPS) is 12.6. The average Bonchev–Trinajstić information content (AvgIpc) is 2.01. The van der Waals surface area contributed by atoms with Crippen LogP contribution in [0.15, 0.2) is 0 Å². The molecule has 0 fully saturated rings. The molecule has 0 unspecified atom stereocenters. The number of carbonyl (C=O) groups is 2. The molecule has 0 saturated heterocycles. The molecule has 2 N–H and O–H groups in total. The molecule has 0 amide bonds. The smallest absolute Gasteiger partial charge is 0.323 e. The largest absolute Gasteiger partial charge is 0.465 e. The molecule has 0 aromatic heterocycles. The van der Waals surface area contributed by atoms with Crippen molar-refractivity contribution in [3.63, 3.8) is 0 Å². The second kappa shape index (κ2) is 6.54. The van der Waals surface area contributed by atoms with E-state index in [2.05, 4.69) is 0 Å². The van der Waals surface area contributed by atoms with E-state index in [1.165, 1.54) is 6.92 Å².